The summed E-state index contributed by atoms with van der Waals surface area (Å²) in [5.41, 5.74) is 3.02. The van der Waals surface area contributed by atoms with Crippen molar-refractivity contribution < 1.29 is 9.84 Å². The molecule has 1 N–H and O–H groups in total. The second-order valence-corrected chi connectivity index (χ2v) is 4.94. The largest absolute Gasteiger partial charge is 0.387 e. The zero-order valence-corrected chi connectivity index (χ0v) is 10.6. The van der Waals surface area contributed by atoms with E-state index in [2.05, 4.69) is 11.1 Å². The highest BCUT2D eigenvalue weighted by Crippen LogP contribution is 2.24. The lowest BCUT2D eigenvalue weighted by Gasteiger charge is -2.15. The molecule has 1 aromatic heterocycles. The second kappa shape index (κ2) is 5.61. The molecule has 1 fully saturated rings. The summed E-state index contributed by atoms with van der Waals surface area (Å²) < 4.78 is 5.56. The minimum atomic E-state index is -0.459. The first-order valence-electron chi connectivity index (χ1n) is 6.39. The molecule has 0 saturated carbocycles. The van der Waals surface area contributed by atoms with Gasteiger partial charge in [-0.3, -0.25) is 4.98 Å². The van der Waals surface area contributed by atoms with Gasteiger partial charge in [-0.2, -0.15) is 0 Å². The Morgan fingerprint density at radius 3 is 3.00 bits per heavy atom. The van der Waals surface area contributed by atoms with E-state index in [1.807, 2.05) is 20.0 Å². The van der Waals surface area contributed by atoms with Crippen LogP contribution in [0.3, 0.4) is 0 Å². The molecule has 3 nitrogen and oxygen atoms in total. The summed E-state index contributed by atoms with van der Waals surface area (Å²) in [6.07, 6.45) is 5.65. The van der Waals surface area contributed by atoms with E-state index in [1.54, 1.807) is 0 Å². The van der Waals surface area contributed by atoms with Crippen LogP contribution in [-0.4, -0.2) is 22.8 Å². The van der Waals surface area contributed by atoms with Crippen LogP contribution in [0, 0.1) is 13.8 Å². The monoisotopic (exact) mass is 235 g/mol. The van der Waals surface area contributed by atoms with Gasteiger partial charge in [-0.05, 0) is 50.7 Å². The van der Waals surface area contributed by atoms with Gasteiger partial charge in [0.1, 0.15) is 0 Å². The van der Waals surface area contributed by atoms with Gasteiger partial charge in [-0.15, -0.1) is 0 Å². The van der Waals surface area contributed by atoms with Crippen molar-refractivity contribution in [1.29, 1.82) is 0 Å². The normalized spacial score (nSPS) is 21.7. The van der Waals surface area contributed by atoms with Crippen LogP contribution in [0.25, 0.3) is 0 Å². The average molecular weight is 235 g/mol. The van der Waals surface area contributed by atoms with E-state index in [9.17, 15) is 5.11 Å². The highest BCUT2D eigenvalue weighted by molar-refractivity contribution is 5.24. The molecule has 1 saturated heterocycles. The van der Waals surface area contributed by atoms with Crippen LogP contribution in [0.15, 0.2) is 12.3 Å². The lowest BCUT2D eigenvalue weighted by atomic mass is 10.0. The summed E-state index contributed by atoms with van der Waals surface area (Å²) >= 11 is 0. The van der Waals surface area contributed by atoms with Gasteiger partial charge in [0.15, 0.2) is 0 Å². The van der Waals surface area contributed by atoms with Crippen molar-refractivity contribution in [2.75, 3.05) is 6.61 Å². The van der Waals surface area contributed by atoms with E-state index < -0.39 is 6.10 Å². The van der Waals surface area contributed by atoms with Crippen molar-refractivity contribution in [2.45, 2.75) is 51.7 Å². The molecule has 0 aromatic carbocycles. The summed E-state index contributed by atoms with van der Waals surface area (Å²) in [6, 6.07) is 2.07. The molecule has 0 bridgehead atoms. The molecule has 0 spiro atoms. The van der Waals surface area contributed by atoms with Crippen LogP contribution < -0.4 is 0 Å². The molecule has 17 heavy (non-hydrogen) atoms. The summed E-state index contributed by atoms with van der Waals surface area (Å²) in [7, 11) is 0. The maximum Gasteiger partial charge on any atom is 0.0963 e. The van der Waals surface area contributed by atoms with Gasteiger partial charge in [0, 0.05) is 12.8 Å². The fraction of sp³-hybridized carbons (Fsp3) is 0.643. The minimum absolute atomic E-state index is 0.343. The minimum Gasteiger partial charge on any atom is -0.387 e. The van der Waals surface area contributed by atoms with Crippen molar-refractivity contribution in [1.82, 2.24) is 4.98 Å². The van der Waals surface area contributed by atoms with Crippen molar-refractivity contribution in [3.05, 3.63) is 29.1 Å². The zero-order valence-electron chi connectivity index (χ0n) is 10.6. The Kier molecular flexibility index (Phi) is 4.13. The number of ether oxygens (including phenoxy) is 1. The standard InChI is InChI=1S/C14H21NO2/c1-10-8-11(2)14(15-9-10)13(16)6-5-12-4-3-7-17-12/h8-9,12-13,16H,3-7H2,1-2H3. The number of hydrogen-bond acceptors (Lipinski definition) is 3. The van der Waals surface area contributed by atoms with Crippen molar-refractivity contribution in [3.63, 3.8) is 0 Å². The Morgan fingerprint density at radius 1 is 1.53 bits per heavy atom. The van der Waals surface area contributed by atoms with E-state index in [1.165, 1.54) is 0 Å². The molecule has 0 amide bonds. The van der Waals surface area contributed by atoms with Gasteiger partial charge in [-0.1, -0.05) is 6.07 Å². The predicted octanol–water partition coefficient (Wildman–Crippen LogP) is 2.69. The molecule has 0 aliphatic carbocycles. The predicted molar refractivity (Wildman–Crippen MR) is 66.9 cm³/mol. The van der Waals surface area contributed by atoms with Crippen molar-refractivity contribution in [2.24, 2.45) is 0 Å². The van der Waals surface area contributed by atoms with E-state index >= 15 is 0 Å². The number of aromatic nitrogens is 1. The lowest BCUT2D eigenvalue weighted by Crippen LogP contribution is -2.10. The Hall–Kier alpha value is -0.930. The molecule has 2 rings (SSSR count). The molecular formula is C14H21NO2. The van der Waals surface area contributed by atoms with Crippen LogP contribution >= 0.6 is 0 Å². The van der Waals surface area contributed by atoms with Crippen molar-refractivity contribution >= 4 is 0 Å². The Balaban J connectivity index is 1.91. The highest BCUT2D eigenvalue weighted by atomic mass is 16.5. The fourth-order valence-corrected chi connectivity index (χ4v) is 2.43. The van der Waals surface area contributed by atoms with Crippen LogP contribution in [0.1, 0.15) is 48.6 Å². The first kappa shape index (κ1) is 12.5. The smallest absolute Gasteiger partial charge is 0.0963 e. The molecule has 2 atom stereocenters. The molecule has 1 aliphatic rings. The molecule has 2 unspecified atom stereocenters. The maximum absolute atomic E-state index is 10.1. The number of aliphatic hydroxyl groups excluding tert-OH is 1. The summed E-state index contributed by atoms with van der Waals surface area (Å²) in [4.78, 5) is 4.33. The highest BCUT2D eigenvalue weighted by Gasteiger charge is 2.19. The Bertz CT molecular complexity index is 372. The molecule has 0 radical (unpaired) electrons. The molecule has 3 heteroatoms. The van der Waals surface area contributed by atoms with Gasteiger partial charge < -0.3 is 9.84 Å². The summed E-state index contributed by atoms with van der Waals surface area (Å²) in [5.74, 6) is 0. The summed E-state index contributed by atoms with van der Waals surface area (Å²) in [6.45, 7) is 4.90. The third kappa shape index (κ3) is 3.27. The van der Waals surface area contributed by atoms with Crippen LogP contribution in [0.2, 0.25) is 0 Å². The first-order valence-corrected chi connectivity index (χ1v) is 6.39. The van der Waals surface area contributed by atoms with Gasteiger partial charge >= 0.3 is 0 Å². The zero-order chi connectivity index (χ0) is 12.3. The molecule has 94 valence electrons. The van der Waals surface area contributed by atoms with Gasteiger partial charge in [-0.25, -0.2) is 0 Å². The number of aliphatic hydroxyl groups is 1. The number of pyridine rings is 1. The number of nitrogens with zero attached hydrogens (tertiary/aromatic N) is 1. The lowest BCUT2D eigenvalue weighted by molar-refractivity contribution is 0.0800. The number of hydrogen-bond donors (Lipinski definition) is 1. The van der Waals surface area contributed by atoms with E-state index in [0.29, 0.717) is 6.10 Å². The second-order valence-electron chi connectivity index (χ2n) is 4.94. The third-order valence-corrected chi connectivity index (χ3v) is 3.36. The topological polar surface area (TPSA) is 42.4 Å². The third-order valence-electron chi connectivity index (χ3n) is 3.36. The quantitative estimate of drug-likeness (QED) is 0.872. The fourth-order valence-electron chi connectivity index (χ4n) is 2.43. The van der Waals surface area contributed by atoms with Gasteiger partial charge in [0.25, 0.3) is 0 Å². The van der Waals surface area contributed by atoms with Crippen LogP contribution in [0.5, 0.6) is 0 Å². The van der Waals surface area contributed by atoms with Gasteiger partial charge in [0.2, 0.25) is 0 Å². The van der Waals surface area contributed by atoms with Crippen LogP contribution in [0.4, 0.5) is 0 Å². The first-order chi connectivity index (χ1) is 8.16. The molecule has 1 aliphatic heterocycles. The average Bonchev–Trinajstić information content (AvgIpc) is 2.78. The van der Waals surface area contributed by atoms with E-state index in [4.69, 9.17) is 4.74 Å². The maximum atomic E-state index is 10.1. The Morgan fingerprint density at radius 2 is 2.35 bits per heavy atom. The Labute approximate surface area is 103 Å². The van der Waals surface area contributed by atoms with Gasteiger partial charge in [0.05, 0.1) is 17.9 Å². The number of rotatable bonds is 4. The number of aryl methyl sites for hydroxylation is 2. The molecular weight excluding hydrogens is 214 g/mol. The SMILES string of the molecule is Cc1cnc(C(O)CCC2CCCO2)c(C)c1. The van der Waals surface area contributed by atoms with E-state index in [0.717, 1.165) is 49.1 Å². The van der Waals surface area contributed by atoms with Crippen molar-refractivity contribution in [3.8, 4) is 0 Å². The summed E-state index contributed by atoms with van der Waals surface area (Å²) in [5, 5.41) is 10.1. The van der Waals surface area contributed by atoms with Crippen LogP contribution in [-0.2, 0) is 4.74 Å². The molecule has 2 heterocycles. The van der Waals surface area contributed by atoms with E-state index in [-0.39, 0.29) is 0 Å². The molecule has 1 aromatic rings.